The van der Waals surface area contributed by atoms with Crippen molar-refractivity contribution in [2.24, 2.45) is 0 Å². The van der Waals surface area contributed by atoms with Crippen LogP contribution in [0.25, 0.3) is 6.08 Å². The molecule has 1 unspecified atom stereocenters. The lowest BCUT2D eigenvalue weighted by molar-refractivity contribution is -0.141. The molecular weight excluding hydrogens is 414 g/mol. The Balaban J connectivity index is 1.86. The molecule has 1 N–H and O–H groups in total. The van der Waals surface area contributed by atoms with E-state index in [1.165, 1.54) is 54.9 Å². The first kappa shape index (κ1) is 22.2. The van der Waals surface area contributed by atoms with Crippen LogP contribution in [0.3, 0.4) is 0 Å². The van der Waals surface area contributed by atoms with Crippen LogP contribution in [-0.2, 0) is 22.3 Å². The number of hydrogen-bond donors (Lipinski definition) is 1. The van der Waals surface area contributed by atoms with Crippen LogP contribution < -0.4 is 0 Å². The lowest BCUT2D eigenvalue weighted by atomic mass is 10.0. The van der Waals surface area contributed by atoms with Gasteiger partial charge in [0.2, 0.25) is 0 Å². The molecule has 4 nitrogen and oxygen atoms in total. The average molecular weight is 431 g/mol. The van der Waals surface area contributed by atoms with Gasteiger partial charge in [-0.3, -0.25) is 4.98 Å². The minimum atomic E-state index is -4.53. The highest BCUT2D eigenvalue weighted by molar-refractivity contribution is 5.95. The molecule has 0 saturated heterocycles. The van der Waals surface area contributed by atoms with Crippen LogP contribution >= 0.6 is 0 Å². The number of alkyl halides is 3. The van der Waals surface area contributed by atoms with Gasteiger partial charge in [0.25, 0.3) is 0 Å². The van der Waals surface area contributed by atoms with Gasteiger partial charge >= 0.3 is 12.1 Å². The molecule has 3 rings (SSSR count). The normalized spacial score (nSPS) is 13.0. The second-order valence-electron chi connectivity index (χ2n) is 6.62. The molecule has 2 aromatic carbocycles. The van der Waals surface area contributed by atoms with Crippen molar-refractivity contribution >= 4 is 12.0 Å². The summed E-state index contributed by atoms with van der Waals surface area (Å²) in [7, 11) is 0. The van der Waals surface area contributed by atoms with Crippen LogP contribution in [-0.4, -0.2) is 16.1 Å². The molecule has 0 saturated carbocycles. The van der Waals surface area contributed by atoms with E-state index >= 15 is 0 Å². The zero-order valence-corrected chi connectivity index (χ0v) is 16.0. The smallest absolute Gasteiger partial charge is 0.416 e. The second kappa shape index (κ2) is 9.53. The molecule has 0 bridgehead atoms. The van der Waals surface area contributed by atoms with E-state index < -0.39 is 36.2 Å². The predicted octanol–water partition coefficient (Wildman–Crippen LogP) is 5.10. The molecule has 0 aliphatic heterocycles. The number of rotatable bonds is 6. The molecule has 1 heterocycles. The fraction of sp³-hybridized carbons (Fsp3) is 0.130. The van der Waals surface area contributed by atoms with Crippen LogP contribution in [0.2, 0.25) is 0 Å². The van der Waals surface area contributed by atoms with Crippen LogP contribution in [0.1, 0.15) is 28.4 Å². The SMILES string of the molecule is O=C(OCc1cccc(C(F)(F)F)c1)/C(=C\c1cccc(F)c1)C(O)c1cccnc1. The molecule has 0 radical (unpaired) electrons. The van der Waals surface area contributed by atoms with E-state index in [9.17, 15) is 27.5 Å². The molecule has 1 aromatic heterocycles. The summed E-state index contributed by atoms with van der Waals surface area (Å²) in [4.78, 5) is 16.6. The van der Waals surface area contributed by atoms with Crippen molar-refractivity contribution in [1.82, 2.24) is 4.98 Å². The predicted molar refractivity (Wildman–Crippen MR) is 105 cm³/mol. The van der Waals surface area contributed by atoms with Gasteiger partial charge < -0.3 is 9.84 Å². The van der Waals surface area contributed by atoms with Gasteiger partial charge in [0, 0.05) is 18.0 Å². The molecule has 0 aliphatic carbocycles. The van der Waals surface area contributed by atoms with E-state index in [4.69, 9.17) is 4.74 Å². The Kier molecular flexibility index (Phi) is 6.81. The van der Waals surface area contributed by atoms with Crippen molar-refractivity contribution in [2.45, 2.75) is 18.9 Å². The number of aliphatic hydroxyl groups is 1. The van der Waals surface area contributed by atoms with Gasteiger partial charge in [-0.05, 0) is 47.5 Å². The van der Waals surface area contributed by atoms with Crippen molar-refractivity contribution < 1.29 is 32.2 Å². The quantitative estimate of drug-likeness (QED) is 0.335. The molecular formula is C23H17F4NO3. The number of nitrogens with zero attached hydrogens (tertiary/aromatic N) is 1. The molecule has 8 heteroatoms. The van der Waals surface area contributed by atoms with E-state index in [0.29, 0.717) is 11.1 Å². The maximum atomic E-state index is 13.5. The summed E-state index contributed by atoms with van der Waals surface area (Å²) in [5.74, 6) is -1.50. The number of esters is 1. The summed E-state index contributed by atoms with van der Waals surface area (Å²) in [6.07, 6.45) is -1.87. The minimum Gasteiger partial charge on any atom is -0.457 e. The third kappa shape index (κ3) is 5.99. The maximum absolute atomic E-state index is 13.5. The Labute approximate surface area is 175 Å². The Bertz CT molecular complexity index is 1080. The lowest BCUT2D eigenvalue weighted by Crippen LogP contribution is -2.15. The van der Waals surface area contributed by atoms with Crippen LogP contribution in [0.5, 0.6) is 0 Å². The maximum Gasteiger partial charge on any atom is 0.416 e. The molecule has 31 heavy (non-hydrogen) atoms. The third-order valence-electron chi connectivity index (χ3n) is 4.33. The van der Waals surface area contributed by atoms with Crippen LogP contribution in [0.4, 0.5) is 17.6 Å². The second-order valence-corrected chi connectivity index (χ2v) is 6.62. The Hall–Kier alpha value is -3.52. The lowest BCUT2D eigenvalue weighted by Gasteiger charge is -2.15. The molecule has 3 aromatic rings. The highest BCUT2D eigenvalue weighted by Gasteiger charge is 2.30. The largest absolute Gasteiger partial charge is 0.457 e. The highest BCUT2D eigenvalue weighted by atomic mass is 19.4. The van der Waals surface area contributed by atoms with Gasteiger partial charge in [-0.25, -0.2) is 9.18 Å². The van der Waals surface area contributed by atoms with E-state index in [1.807, 2.05) is 0 Å². The van der Waals surface area contributed by atoms with Gasteiger partial charge in [0.1, 0.15) is 18.5 Å². The van der Waals surface area contributed by atoms with Crippen molar-refractivity contribution in [3.05, 3.63) is 107 Å². The molecule has 0 fully saturated rings. The number of benzene rings is 2. The van der Waals surface area contributed by atoms with Crippen molar-refractivity contribution in [2.75, 3.05) is 0 Å². The number of ether oxygens (including phenoxy) is 1. The van der Waals surface area contributed by atoms with Crippen molar-refractivity contribution in [1.29, 1.82) is 0 Å². The minimum absolute atomic E-state index is 0.129. The Morgan fingerprint density at radius 2 is 1.87 bits per heavy atom. The Morgan fingerprint density at radius 1 is 1.10 bits per heavy atom. The Morgan fingerprint density at radius 3 is 2.55 bits per heavy atom. The monoisotopic (exact) mass is 431 g/mol. The zero-order chi connectivity index (χ0) is 22.4. The van der Waals surface area contributed by atoms with E-state index in [2.05, 4.69) is 4.98 Å². The third-order valence-corrected chi connectivity index (χ3v) is 4.33. The number of halogens is 4. The standard InChI is InChI=1S/C23H17F4NO3/c24-19-8-2-4-15(11-19)12-20(21(29)17-6-3-9-28-13-17)22(30)31-14-16-5-1-7-18(10-16)23(25,26)27/h1-13,21,29H,14H2/b20-12-. The van der Waals surface area contributed by atoms with Gasteiger partial charge in [-0.15, -0.1) is 0 Å². The van der Waals surface area contributed by atoms with Gasteiger partial charge in [-0.2, -0.15) is 13.2 Å². The summed E-state index contributed by atoms with van der Waals surface area (Å²) in [6.45, 7) is -0.441. The molecule has 0 amide bonds. The van der Waals surface area contributed by atoms with Crippen molar-refractivity contribution in [3.8, 4) is 0 Å². The molecule has 0 aliphatic rings. The number of aliphatic hydroxyl groups excluding tert-OH is 1. The number of carbonyl (C=O) groups is 1. The number of carbonyl (C=O) groups excluding carboxylic acids is 1. The zero-order valence-electron chi connectivity index (χ0n) is 16.0. The fourth-order valence-electron chi connectivity index (χ4n) is 2.81. The first-order chi connectivity index (χ1) is 14.7. The topological polar surface area (TPSA) is 59.4 Å². The summed E-state index contributed by atoms with van der Waals surface area (Å²) in [5, 5.41) is 10.7. The van der Waals surface area contributed by atoms with Gasteiger partial charge in [0.05, 0.1) is 11.1 Å². The molecule has 0 spiro atoms. The number of aromatic nitrogens is 1. The average Bonchev–Trinajstić information content (AvgIpc) is 2.75. The summed E-state index contributed by atoms with van der Waals surface area (Å²) in [6, 6.07) is 12.8. The fourth-order valence-corrected chi connectivity index (χ4v) is 2.81. The first-order valence-electron chi connectivity index (χ1n) is 9.12. The van der Waals surface area contributed by atoms with E-state index in [1.54, 1.807) is 6.07 Å². The first-order valence-corrected chi connectivity index (χ1v) is 9.12. The van der Waals surface area contributed by atoms with Crippen LogP contribution in [0.15, 0.2) is 78.6 Å². The van der Waals surface area contributed by atoms with Crippen LogP contribution in [0, 0.1) is 5.82 Å². The van der Waals surface area contributed by atoms with Gasteiger partial charge in [0.15, 0.2) is 0 Å². The molecule has 1 atom stereocenters. The van der Waals surface area contributed by atoms with E-state index in [-0.39, 0.29) is 11.1 Å². The van der Waals surface area contributed by atoms with Crippen molar-refractivity contribution in [3.63, 3.8) is 0 Å². The highest BCUT2D eigenvalue weighted by Crippen LogP contribution is 2.30. The number of hydrogen-bond acceptors (Lipinski definition) is 4. The number of pyridine rings is 1. The summed E-state index contributed by atoms with van der Waals surface area (Å²) < 4.78 is 57.3. The van der Waals surface area contributed by atoms with E-state index in [0.717, 1.165) is 18.2 Å². The van der Waals surface area contributed by atoms with Gasteiger partial charge in [-0.1, -0.05) is 30.3 Å². The molecule has 160 valence electrons. The summed E-state index contributed by atoms with van der Waals surface area (Å²) in [5.41, 5.74) is -0.364. The summed E-state index contributed by atoms with van der Waals surface area (Å²) >= 11 is 0.